The highest BCUT2D eigenvalue weighted by Gasteiger charge is 2.38. The number of nitrogens with zero attached hydrogens (tertiary/aromatic N) is 2. The zero-order valence-corrected chi connectivity index (χ0v) is 14.4. The molecule has 1 aromatic carbocycles. The Morgan fingerprint density at radius 1 is 1.23 bits per heavy atom. The molecular weight excluding hydrogens is 344 g/mol. The molecule has 5 heteroatoms. The van der Waals surface area contributed by atoms with Crippen molar-refractivity contribution in [3.05, 3.63) is 28.2 Å². The average Bonchev–Trinajstić information content (AvgIpc) is 2.79. The molecule has 22 heavy (non-hydrogen) atoms. The van der Waals surface area contributed by atoms with Crippen molar-refractivity contribution in [2.45, 2.75) is 45.1 Å². The highest BCUT2D eigenvalue weighted by molar-refractivity contribution is 9.10. The standard InChI is InChI=1S/C17H21BrN2O2/c1-2-19(12-7-4-3-5-8-12)11-20-14-10-6-9-13(18)15(14)16(21)17(20)22/h6,9-10,12H,2-5,7-8,11H2,1H3. The molecule has 1 fully saturated rings. The Morgan fingerprint density at radius 2 is 1.95 bits per heavy atom. The lowest BCUT2D eigenvalue weighted by atomic mass is 9.94. The Bertz CT molecular complexity index is 596. The van der Waals surface area contributed by atoms with Gasteiger partial charge in [-0.05, 0) is 47.4 Å². The first-order valence-corrected chi connectivity index (χ1v) is 8.81. The minimum Gasteiger partial charge on any atom is -0.291 e. The van der Waals surface area contributed by atoms with Crippen LogP contribution in [0.3, 0.4) is 0 Å². The lowest BCUT2D eigenvalue weighted by Crippen LogP contribution is -2.46. The fraction of sp³-hybridized carbons (Fsp3) is 0.529. The van der Waals surface area contributed by atoms with Gasteiger partial charge in [0.15, 0.2) is 0 Å². The molecule has 0 N–H and O–H groups in total. The van der Waals surface area contributed by atoms with E-state index in [0.717, 1.165) is 12.2 Å². The third kappa shape index (κ3) is 2.72. The number of rotatable bonds is 4. The maximum atomic E-state index is 12.4. The molecule has 4 nitrogen and oxygen atoms in total. The average molecular weight is 365 g/mol. The van der Waals surface area contributed by atoms with E-state index in [1.807, 2.05) is 18.2 Å². The van der Waals surface area contributed by atoms with Crippen molar-refractivity contribution in [3.63, 3.8) is 0 Å². The second kappa shape index (κ2) is 6.50. The second-order valence-corrected chi connectivity index (χ2v) is 6.89. The van der Waals surface area contributed by atoms with Crippen LogP contribution in [-0.2, 0) is 4.79 Å². The Hall–Kier alpha value is -1.20. The number of hydrogen-bond acceptors (Lipinski definition) is 3. The van der Waals surface area contributed by atoms with Crippen molar-refractivity contribution in [1.82, 2.24) is 4.90 Å². The van der Waals surface area contributed by atoms with E-state index in [9.17, 15) is 9.59 Å². The number of Topliss-reactive ketones (excluding diaryl/α,β-unsaturated/α-hetero) is 1. The first kappa shape index (κ1) is 15.7. The number of halogens is 1. The molecule has 1 aromatic rings. The monoisotopic (exact) mass is 364 g/mol. The van der Waals surface area contributed by atoms with Crippen molar-refractivity contribution in [1.29, 1.82) is 0 Å². The summed E-state index contributed by atoms with van der Waals surface area (Å²) in [6, 6.07) is 6.07. The van der Waals surface area contributed by atoms with Gasteiger partial charge >= 0.3 is 5.91 Å². The van der Waals surface area contributed by atoms with Gasteiger partial charge in [0.1, 0.15) is 0 Å². The van der Waals surface area contributed by atoms with Gasteiger partial charge in [-0.2, -0.15) is 0 Å². The molecule has 0 radical (unpaired) electrons. The fourth-order valence-electron chi connectivity index (χ4n) is 3.54. The van der Waals surface area contributed by atoms with Gasteiger partial charge in [-0.1, -0.05) is 32.3 Å². The quantitative estimate of drug-likeness (QED) is 0.766. The molecule has 0 atom stereocenters. The summed E-state index contributed by atoms with van der Waals surface area (Å²) in [4.78, 5) is 28.6. The second-order valence-electron chi connectivity index (χ2n) is 6.03. The highest BCUT2D eigenvalue weighted by atomic mass is 79.9. The predicted molar refractivity (Wildman–Crippen MR) is 90.1 cm³/mol. The van der Waals surface area contributed by atoms with Gasteiger partial charge in [0.05, 0.1) is 17.9 Å². The van der Waals surface area contributed by atoms with Crippen LogP contribution >= 0.6 is 15.9 Å². The number of benzene rings is 1. The number of anilines is 1. The van der Waals surface area contributed by atoms with E-state index in [0.29, 0.717) is 22.7 Å². The van der Waals surface area contributed by atoms with Crippen LogP contribution in [0, 0.1) is 0 Å². The predicted octanol–water partition coefficient (Wildman–Crippen LogP) is 3.59. The van der Waals surface area contributed by atoms with Crippen LogP contribution in [-0.4, -0.2) is 35.8 Å². The minimum absolute atomic E-state index is 0.401. The van der Waals surface area contributed by atoms with Gasteiger partial charge in [-0.3, -0.25) is 19.4 Å². The summed E-state index contributed by atoms with van der Waals surface area (Å²) in [5, 5.41) is 0. The molecule has 2 aliphatic rings. The first-order valence-electron chi connectivity index (χ1n) is 8.02. The van der Waals surface area contributed by atoms with Crippen molar-refractivity contribution >= 4 is 33.3 Å². The zero-order chi connectivity index (χ0) is 15.7. The maximum Gasteiger partial charge on any atom is 0.300 e. The topological polar surface area (TPSA) is 40.6 Å². The van der Waals surface area contributed by atoms with Crippen LogP contribution < -0.4 is 4.90 Å². The van der Waals surface area contributed by atoms with Crippen LogP contribution in [0.2, 0.25) is 0 Å². The molecule has 0 aromatic heterocycles. The first-order chi connectivity index (χ1) is 10.6. The molecule has 0 saturated heterocycles. The molecule has 1 aliphatic heterocycles. The number of ketones is 1. The van der Waals surface area contributed by atoms with Gasteiger partial charge in [0.25, 0.3) is 5.78 Å². The molecule has 118 valence electrons. The lowest BCUT2D eigenvalue weighted by molar-refractivity contribution is -0.114. The zero-order valence-electron chi connectivity index (χ0n) is 12.8. The smallest absolute Gasteiger partial charge is 0.291 e. The van der Waals surface area contributed by atoms with E-state index in [2.05, 4.69) is 27.8 Å². The van der Waals surface area contributed by atoms with Gasteiger partial charge in [0.2, 0.25) is 0 Å². The Morgan fingerprint density at radius 3 is 2.64 bits per heavy atom. The Balaban J connectivity index is 1.84. The largest absolute Gasteiger partial charge is 0.300 e. The van der Waals surface area contributed by atoms with Crippen LogP contribution in [0.5, 0.6) is 0 Å². The van der Waals surface area contributed by atoms with E-state index < -0.39 is 11.7 Å². The summed E-state index contributed by atoms with van der Waals surface area (Å²) in [5.41, 5.74) is 1.24. The molecule has 0 unspecified atom stereocenters. The molecule has 3 rings (SSSR count). The van der Waals surface area contributed by atoms with E-state index in [1.165, 1.54) is 32.1 Å². The van der Waals surface area contributed by atoms with E-state index in [-0.39, 0.29) is 0 Å². The van der Waals surface area contributed by atoms with Crippen molar-refractivity contribution in [2.24, 2.45) is 0 Å². The summed E-state index contributed by atoms with van der Waals surface area (Å²) < 4.78 is 0.701. The third-order valence-corrected chi connectivity index (χ3v) is 5.43. The summed E-state index contributed by atoms with van der Waals surface area (Å²) >= 11 is 3.39. The molecule has 1 heterocycles. The van der Waals surface area contributed by atoms with Crippen molar-refractivity contribution in [2.75, 3.05) is 18.1 Å². The fourth-order valence-corrected chi connectivity index (χ4v) is 4.08. The lowest BCUT2D eigenvalue weighted by Gasteiger charge is -2.36. The van der Waals surface area contributed by atoms with Crippen molar-refractivity contribution < 1.29 is 9.59 Å². The van der Waals surface area contributed by atoms with Gasteiger partial charge in [-0.25, -0.2) is 0 Å². The minimum atomic E-state index is -0.406. The summed E-state index contributed by atoms with van der Waals surface area (Å²) in [7, 11) is 0. The highest BCUT2D eigenvalue weighted by Crippen LogP contribution is 2.35. The Kier molecular flexibility index (Phi) is 4.64. The Labute approximate surface area is 139 Å². The van der Waals surface area contributed by atoms with Gasteiger partial charge in [-0.15, -0.1) is 0 Å². The van der Waals surface area contributed by atoms with Crippen LogP contribution in [0.15, 0.2) is 22.7 Å². The van der Waals surface area contributed by atoms with E-state index in [4.69, 9.17) is 0 Å². The van der Waals surface area contributed by atoms with Crippen LogP contribution in [0.4, 0.5) is 5.69 Å². The summed E-state index contributed by atoms with van der Waals surface area (Å²) in [6.45, 7) is 3.53. The van der Waals surface area contributed by atoms with E-state index >= 15 is 0 Å². The number of amides is 1. The van der Waals surface area contributed by atoms with Crippen LogP contribution in [0.25, 0.3) is 0 Å². The number of hydrogen-bond donors (Lipinski definition) is 0. The molecule has 1 amide bonds. The summed E-state index contributed by atoms with van der Waals surface area (Å²) in [5.74, 6) is -0.807. The number of fused-ring (bicyclic) bond motifs is 1. The normalized spacial score (nSPS) is 19.1. The molecule has 0 spiro atoms. The summed E-state index contributed by atoms with van der Waals surface area (Å²) in [6.07, 6.45) is 6.21. The maximum absolute atomic E-state index is 12.4. The molecule has 1 saturated carbocycles. The number of carbonyl (C=O) groups excluding carboxylic acids is 2. The van der Waals surface area contributed by atoms with E-state index in [1.54, 1.807) is 4.90 Å². The molecule has 0 bridgehead atoms. The van der Waals surface area contributed by atoms with Gasteiger partial charge in [0, 0.05) is 10.5 Å². The van der Waals surface area contributed by atoms with Crippen LogP contribution in [0.1, 0.15) is 49.4 Å². The van der Waals surface area contributed by atoms with Crippen molar-refractivity contribution in [3.8, 4) is 0 Å². The molecule has 1 aliphatic carbocycles. The molecular formula is C17H21BrN2O2. The third-order valence-electron chi connectivity index (χ3n) is 4.77. The SMILES string of the molecule is CCN(CN1C(=O)C(=O)c2c(Br)cccc21)C1CCCCC1. The van der Waals surface area contributed by atoms with Gasteiger partial charge < -0.3 is 0 Å². The number of carbonyl (C=O) groups is 2.